The van der Waals surface area contributed by atoms with Crippen molar-refractivity contribution < 1.29 is 18.0 Å². The van der Waals surface area contributed by atoms with Crippen LogP contribution >= 0.6 is 0 Å². The number of tetrazole rings is 1. The Bertz CT molecular complexity index is 408. The Labute approximate surface area is 127 Å². The number of nitrogens with zero attached hydrogens (tertiary/aromatic N) is 3. The zero-order chi connectivity index (χ0) is 16.3. The summed E-state index contributed by atoms with van der Waals surface area (Å²) in [6, 6.07) is 0. The van der Waals surface area contributed by atoms with Crippen LogP contribution in [0.15, 0.2) is 0 Å². The highest BCUT2D eigenvalue weighted by molar-refractivity contribution is 5.81. The Balaban J connectivity index is 1.81. The summed E-state index contributed by atoms with van der Waals surface area (Å²) in [5, 5.41) is 15.5. The van der Waals surface area contributed by atoms with Gasteiger partial charge in [-0.1, -0.05) is 43.7 Å². The van der Waals surface area contributed by atoms with Crippen molar-refractivity contribution in [1.29, 1.82) is 0 Å². The van der Waals surface area contributed by atoms with Gasteiger partial charge in [-0.05, 0) is 12.8 Å². The lowest BCUT2D eigenvalue weighted by Gasteiger charge is -2.07. The summed E-state index contributed by atoms with van der Waals surface area (Å²) in [5.41, 5.74) is 0. The number of halogens is 3. The molecule has 0 radical (unpaired) electrons. The van der Waals surface area contributed by atoms with Crippen LogP contribution in [0.5, 0.6) is 0 Å². The minimum absolute atomic E-state index is 0.0864. The number of carbonyl (C=O) groups is 1. The molecule has 0 atom stereocenters. The third kappa shape index (κ3) is 8.58. The summed E-state index contributed by atoms with van der Waals surface area (Å²) in [6.45, 7) is 0.0864. The summed E-state index contributed by atoms with van der Waals surface area (Å²) in [4.78, 5) is 10.5. The van der Waals surface area contributed by atoms with Crippen molar-refractivity contribution in [3.63, 3.8) is 0 Å². The maximum absolute atomic E-state index is 11.9. The number of nitrogens with one attached hydrogen (secondary N) is 2. The molecule has 0 aliphatic heterocycles. The van der Waals surface area contributed by atoms with Gasteiger partial charge in [0.1, 0.15) is 0 Å². The molecular weight excluding hydrogens is 299 g/mol. The van der Waals surface area contributed by atoms with Crippen LogP contribution in [-0.4, -0.2) is 39.3 Å². The number of aryl methyl sites for hydroxylation is 1. The van der Waals surface area contributed by atoms with E-state index in [4.69, 9.17) is 0 Å². The first-order valence-corrected chi connectivity index (χ1v) is 7.57. The number of amides is 1. The van der Waals surface area contributed by atoms with Crippen LogP contribution in [0.25, 0.3) is 0 Å². The van der Waals surface area contributed by atoms with Gasteiger partial charge in [-0.25, -0.2) is 0 Å². The number of rotatable bonds is 11. The molecule has 9 heteroatoms. The van der Waals surface area contributed by atoms with E-state index in [0.717, 1.165) is 57.2 Å². The van der Waals surface area contributed by atoms with Gasteiger partial charge < -0.3 is 5.32 Å². The Morgan fingerprint density at radius 3 is 2.14 bits per heavy atom. The molecule has 0 bridgehead atoms. The third-order valence-electron chi connectivity index (χ3n) is 3.26. The van der Waals surface area contributed by atoms with Crippen molar-refractivity contribution in [3.05, 3.63) is 5.82 Å². The molecule has 0 spiro atoms. The summed E-state index contributed by atoms with van der Waals surface area (Å²) in [7, 11) is 0. The molecule has 0 saturated carbocycles. The number of aromatic nitrogens is 4. The van der Waals surface area contributed by atoms with Crippen LogP contribution in [0.2, 0.25) is 0 Å². The molecule has 126 valence electrons. The van der Waals surface area contributed by atoms with E-state index >= 15 is 0 Å². The summed E-state index contributed by atoms with van der Waals surface area (Å²) in [5.74, 6) is -1.12. The smallest absolute Gasteiger partial charge is 0.348 e. The van der Waals surface area contributed by atoms with Gasteiger partial charge in [-0.15, -0.1) is 10.2 Å². The molecule has 0 aromatic carbocycles. The number of alkyl halides is 3. The number of carbonyl (C=O) groups excluding carboxylic acids is 1. The first-order chi connectivity index (χ1) is 10.5. The van der Waals surface area contributed by atoms with Crippen LogP contribution in [0, 0.1) is 0 Å². The van der Waals surface area contributed by atoms with Crippen molar-refractivity contribution in [2.24, 2.45) is 0 Å². The molecule has 0 fully saturated rings. The lowest BCUT2D eigenvalue weighted by Crippen LogP contribution is -2.37. The molecule has 6 nitrogen and oxygen atoms in total. The second-order valence-electron chi connectivity index (χ2n) is 5.16. The quantitative estimate of drug-likeness (QED) is 0.614. The zero-order valence-electron chi connectivity index (χ0n) is 12.5. The van der Waals surface area contributed by atoms with E-state index in [-0.39, 0.29) is 6.54 Å². The highest BCUT2D eigenvalue weighted by Crippen LogP contribution is 2.14. The molecule has 1 rings (SSSR count). The average molecular weight is 321 g/mol. The average Bonchev–Trinajstić information content (AvgIpc) is 2.96. The lowest BCUT2D eigenvalue weighted by molar-refractivity contribution is -0.173. The number of unbranched alkanes of at least 4 members (excludes halogenated alkanes) is 7. The van der Waals surface area contributed by atoms with Crippen LogP contribution in [0.3, 0.4) is 0 Å². The van der Waals surface area contributed by atoms with Gasteiger partial charge in [0.05, 0.1) is 0 Å². The maximum atomic E-state index is 11.9. The second kappa shape index (κ2) is 10.1. The minimum atomic E-state index is -4.78. The Morgan fingerprint density at radius 2 is 1.59 bits per heavy atom. The van der Waals surface area contributed by atoms with Gasteiger partial charge >= 0.3 is 12.1 Å². The molecule has 1 heterocycles. The predicted octanol–water partition coefficient (Wildman–Crippen LogP) is 2.54. The Kier molecular flexibility index (Phi) is 8.46. The number of aromatic amines is 1. The van der Waals surface area contributed by atoms with Gasteiger partial charge in [0.25, 0.3) is 0 Å². The fraction of sp³-hybridized carbons (Fsp3) is 0.846. The van der Waals surface area contributed by atoms with E-state index in [1.165, 1.54) is 0 Å². The Hall–Kier alpha value is -1.67. The number of H-pyrrole nitrogens is 1. The van der Waals surface area contributed by atoms with Crippen LogP contribution in [0.1, 0.15) is 57.2 Å². The standard InChI is InChI=1S/C13H22F3N5O/c14-13(15,16)12(22)17-10-8-6-4-2-1-3-5-7-9-11-18-20-21-19-11/h1-10H2,(H,17,22)(H,18,19,20,21). The monoisotopic (exact) mass is 321 g/mol. The van der Waals surface area contributed by atoms with E-state index in [0.29, 0.717) is 6.42 Å². The molecule has 2 N–H and O–H groups in total. The lowest BCUT2D eigenvalue weighted by atomic mass is 10.1. The van der Waals surface area contributed by atoms with E-state index in [9.17, 15) is 18.0 Å². The van der Waals surface area contributed by atoms with Crippen molar-refractivity contribution >= 4 is 5.91 Å². The first kappa shape index (κ1) is 18.4. The molecule has 0 saturated heterocycles. The number of hydrogen-bond acceptors (Lipinski definition) is 4. The molecular formula is C13H22F3N5O. The van der Waals surface area contributed by atoms with Gasteiger partial charge in [-0.3, -0.25) is 4.79 Å². The Morgan fingerprint density at radius 1 is 1.00 bits per heavy atom. The van der Waals surface area contributed by atoms with E-state index in [1.54, 1.807) is 0 Å². The normalized spacial score (nSPS) is 11.6. The topological polar surface area (TPSA) is 83.6 Å². The van der Waals surface area contributed by atoms with Crippen LogP contribution in [0.4, 0.5) is 13.2 Å². The molecule has 0 aliphatic rings. The zero-order valence-corrected chi connectivity index (χ0v) is 12.5. The molecule has 1 aromatic rings. The van der Waals surface area contributed by atoms with Gasteiger partial charge in [0, 0.05) is 13.0 Å². The van der Waals surface area contributed by atoms with Gasteiger partial charge in [-0.2, -0.15) is 18.4 Å². The molecule has 0 aliphatic carbocycles. The summed E-state index contributed by atoms with van der Waals surface area (Å²) in [6.07, 6.45) is 3.89. The fourth-order valence-corrected chi connectivity index (χ4v) is 2.06. The van der Waals surface area contributed by atoms with Gasteiger partial charge in [0.15, 0.2) is 5.82 Å². The highest BCUT2D eigenvalue weighted by Gasteiger charge is 2.38. The van der Waals surface area contributed by atoms with E-state index in [2.05, 4.69) is 20.6 Å². The fourth-order valence-electron chi connectivity index (χ4n) is 2.06. The largest absolute Gasteiger partial charge is 0.471 e. The number of hydrogen-bond donors (Lipinski definition) is 2. The van der Waals surface area contributed by atoms with E-state index < -0.39 is 12.1 Å². The maximum Gasteiger partial charge on any atom is 0.471 e. The van der Waals surface area contributed by atoms with Crippen LogP contribution < -0.4 is 5.32 Å². The third-order valence-corrected chi connectivity index (χ3v) is 3.26. The summed E-state index contributed by atoms with van der Waals surface area (Å²) < 4.78 is 35.7. The molecule has 1 aromatic heterocycles. The summed E-state index contributed by atoms with van der Waals surface area (Å²) >= 11 is 0. The van der Waals surface area contributed by atoms with Crippen molar-refractivity contribution in [2.75, 3.05) is 6.54 Å². The molecule has 1 amide bonds. The minimum Gasteiger partial charge on any atom is -0.348 e. The van der Waals surface area contributed by atoms with Gasteiger partial charge in [0.2, 0.25) is 0 Å². The second-order valence-corrected chi connectivity index (χ2v) is 5.16. The van der Waals surface area contributed by atoms with Crippen molar-refractivity contribution in [2.45, 2.75) is 64.0 Å². The van der Waals surface area contributed by atoms with Crippen molar-refractivity contribution in [3.8, 4) is 0 Å². The molecule has 22 heavy (non-hydrogen) atoms. The SMILES string of the molecule is O=C(NCCCCCCCCCCc1nn[nH]n1)C(F)(F)F. The first-order valence-electron chi connectivity index (χ1n) is 7.57. The predicted molar refractivity (Wildman–Crippen MR) is 73.9 cm³/mol. The van der Waals surface area contributed by atoms with Crippen molar-refractivity contribution in [1.82, 2.24) is 25.9 Å². The molecule has 0 unspecified atom stereocenters. The highest BCUT2D eigenvalue weighted by atomic mass is 19.4. The van der Waals surface area contributed by atoms with Crippen LogP contribution in [-0.2, 0) is 11.2 Å². The van der Waals surface area contributed by atoms with E-state index in [1.807, 2.05) is 5.32 Å².